The predicted molar refractivity (Wildman–Crippen MR) is 104 cm³/mol. The summed E-state index contributed by atoms with van der Waals surface area (Å²) in [6, 6.07) is 24.7. The van der Waals surface area contributed by atoms with Gasteiger partial charge in [-0.15, -0.1) is 0 Å². The van der Waals surface area contributed by atoms with Gasteiger partial charge in [0.25, 0.3) is 5.91 Å². The summed E-state index contributed by atoms with van der Waals surface area (Å²) in [7, 11) is 0. The Hall–Kier alpha value is -3.47. The molecule has 142 valence electrons. The highest BCUT2D eigenvalue weighted by Crippen LogP contribution is 2.21. The summed E-state index contributed by atoms with van der Waals surface area (Å²) in [6.45, 7) is -0.427. The van der Waals surface area contributed by atoms with Gasteiger partial charge in [0, 0.05) is 0 Å². The minimum Gasteiger partial charge on any atom is -0.455 e. The van der Waals surface area contributed by atoms with Gasteiger partial charge in [-0.2, -0.15) is 0 Å². The van der Waals surface area contributed by atoms with Crippen LogP contribution in [0.4, 0.5) is 4.39 Å². The molecule has 1 amide bonds. The molecule has 0 radical (unpaired) electrons. The average molecular weight is 377 g/mol. The first kappa shape index (κ1) is 19.3. The fourth-order valence-electron chi connectivity index (χ4n) is 2.85. The molecule has 0 saturated carbocycles. The molecule has 0 fully saturated rings. The number of halogens is 1. The third-order valence-corrected chi connectivity index (χ3v) is 4.23. The molecular formula is C23H20FNO3. The molecule has 0 aliphatic heterocycles. The molecule has 0 aliphatic carbocycles. The number of carbonyl (C=O) groups excluding carboxylic acids is 2. The number of rotatable bonds is 7. The molecule has 0 atom stereocenters. The van der Waals surface area contributed by atoms with Crippen molar-refractivity contribution in [2.24, 2.45) is 0 Å². The zero-order valence-corrected chi connectivity index (χ0v) is 15.2. The monoisotopic (exact) mass is 377 g/mol. The quantitative estimate of drug-likeness (QED) is 0.637. The fourth-order valence-corrected chi connectivity index (χ4v) is 2.85. The van der Waals surface area contributed by atoms with Gasteiger partial charge in [0.05, 0.1) is 12.5 Å². The smallest absolute Gasteiger partial charge is 0.310 e. The Bertz CT molecular complexity index is 889. The van der Waals surface area contributed by atoms with Crippen molar-refractivity contribution in [2.45, 2.75) is 12.5 Å². The number of nitrogens with one attached hydrogen (secondary N) is 1. The Morgan fingerprint density at radius 2 is 1.36 bits per heavy atom. The summed E-state index contributed by atoms with van der Waals surface area (Å²) in [5.74, 6) is -1.56. The fraction of sp³-hybridized carbons (Fsp3) is 0.130. The van der Waals surface area contributed by atoms with E-state index in [0.717, 1.165) is 11.1 Å². The molecule has 0 aliphatic rings. The maximum absolute atomic E-state index is 13.6. The standard InChI is InChI=1S/C23H20FNO3/c24-20-14-8-7-13-19(20)15-22(27)28-16-21(26)25-23(17-9-3-1-4-10-17)18-11-5-2-6-12-18/h1-14,23H,15-16H2,(H,25,26). The van der Waals surface area contributed by atoms with Crippen LogP contribution in [0.25, 0.3) is 0 Å². The van der Waals surface area contributed by atoms with Crippen molar-refractivity contribution in [3.05, 3.63) is 107 Å². The Morgan fingerprint density at radius 3 is 1.93 bits per heavy atom. The van der Waals surface area contributed by atoms with Crippen LogP contribution in [0.15, 0.2) is 84.9 Å². The van der Waals surface area contributed by atoms with Gasteiger partial charge in [0.2, 0.25) is 0 Å². The maximum Gasteiger partial charge on any atom is 0.310 e. The van der Waals surface area contributed by atoms with Crippen molar-refractivity contribution < 1.29 is 18.7 Å². The van der Waals surface area contributed by atoms with Crippen LogP contribution in [0.3, 0.4) is 0 Å². The Kier molecular flexibility index (Phi) is 6.52. The van der Waals surface area contributed by atoms with Crippen molar-refractivity contribution >= 4 is 11.9 Å². The summed E-state index contributed by atoms with van der Waals surface area (Å²) in [5, 5.41) is 2.89. The molecule has 3 aromatic carbocycles. The highest BCUT2D eigenvalue weighted by molar-refractivity contribution is 5.81. The van der Waals surface area contributed by atoms with Crippen LogP contribution in [0.5, 0.6) is 0 Å². The second kappa shape index (κ2) is 9.46. The summed E-state index contributed by atoms with van der Waals surface area (Å²) < 4.78 is 18.6. The number of esters is 1. The Labute approximate surface area is 163 Å². The number of amides is 1. The molecule has 0 spiro atoms. The molecule has 4 nitrogen and oxygen atoms in total. The van der Waals surface area contributed by atoms with Gasteiger partial charge in [0.1, 0.15) is 5.82 Å². The topological polar surface area (TPSA) is 55.4 Å². The highest BCUT2D eigenvalue weighted by atomic mass is 19.1. The number of ether oxygens (including phenoxy) is 1. The van der Waals surface area contributed by atoms with Crippen LogP contribution in [-0.2, 0) is 20.7 Å². The summed E-state index contributed by atoms with van der Waals surface area (Å²) in [5.41, 5.74) is 2.07. The number of benzene rings is 3. The van der Waals surface area contributed by atoms with E-state index in [1.54, 1.807) is 12.1 Å². The largest absolute Gasteiger partial charge is 0.455 e. The van der Waals surface area contributed by atoms with Crippen molar-refractivity contribution in [3.63, 3.8) is 0 Å². The van der Waals surface area contributed by atoms with Gasteiger partial charge in [-0.1, -0.05) is 78.9 Å². The van der Waals surface area contributed by atoms with Crippen LogP contribution in [-0.4, -0.2) is 18.5 Å². The molecule has 0 aromatic heterocycles. The van der Waals surface area contributed by atoms with E-state index in [-0.39, 0.29) is 18.0 Å². The molecule has 5 heteroatoms. The van der Waals surface area contributed by atoms with E-state index in [4.69, 9.17) is 4.74 Å². The average Bonchev–Trinajstić information content (AvgIpc) is 2.73. The SMILES string of the molecule is O=C(COC(=O)Cc1ccccc1F)NC(c1ccccc1)c1ccccc1. The van der Waals surface area contributed by atoms with E-state index in [2.05, 4.69) is 5.32 Å². The van der Waals surface area contributed by atoms with Gasteiger partial charge >= 0.3 is 5.97 Å². The molecule has 0 heterocycles. The number of hydrogen-bond acceptors (Lipinski definition) is 3. The number of carbonyl (C=O) groups is 2. The van der Waals surface area contributed by atoms with Crippen molar-refractivity contribution in [1.29, 1.82) is 0 Å². The summed E-state index contributed by atoms with van der Waals surface area (Å²) in [6.07, 6.45) is -0.221. The zero-order chi connectivity index (χ0) is 19.8. The van der Waals surface area contributed by atoms with E-state index < -0.39 is 24.3 Å². The maximum atomic E-state index is 13.6. The third-order valence-electron chi connectivity index (χ3n) is 4.23. The van der Waals surface area contributed by atoms with Gasteiger partial charge < -0.3 is 10.1 Å². The lowest BCUT2D eigenvalue weighted by molar-refractivity contribution is -0.148. The molecule has 28 heavy (non-hydrogen) atoms. The molecular weight excluding hydrogens is 357 g/mol. The molecule has 0 bridgehead atoms. The normalized spacial score (nSPS) is 10.5. The number of hydrogen-bond donors (Lipinski definition) is 1. The molecule has 3 rings (SSSR count). The minimum atomic E-state index is -0.656. The Morgan fingerprint density at radius 1 is 0.821 bits per heavy atom. The molecule has 0 saturated heterocycles. The van der Waals surface area contributed by atoms with Gasteiger partial charge in [-0.25, -0.2) is 4.39 Å². The van der Waals surface area contributed by atoms with E-state index in [1.165, 1.54) is 12.1 Å². The van der Waals surface area contributed by atoms with Crippen LogP contribution in [0.1, 0.15) is 22.7 Å². The van der Waals surface area contributed by atoms with Crippen LogP contribution >= 0.6 is 0 Å². The lowest BCUT2D eigenvalue weighted by Crippen LogP contribution is -2.33. The van der Waals surface area contributed by atoms with E-state index in [9.17, 15) is 14.0 Å². The molecule has 1 N–H and O–H groups in total. The first-order chi connectivity index (χ1) is 13.6. The molecule has 0 unspecified atom stereocenters. The lowest BCUT2D eigenvalue weighted by atomic mass is 9.99. The minimum absolute atomic E-state index is 0.221. The van der Waals surface area contributed by atoms with Crippen molar-refractivity contribution in [3.8, 4) is 0 Å². The second-order valence-corrected chi connectivity index (χ2v) is 6.25. The van der Waals surface area contributed by atoms with E-state index >= 15 is 0 Å². The van der Waals surface area contributed by atoms with Crippen molar-refractivity contribution in [1.82, 2.24) is 5.32 Å². The first-order valence-electron chi connectivity index (χ1n) is 8.92. The van der Waals surface area contributed by atoms with Gasteiger partial charge in [-0.3, -0.25) is 9.59 Å². The molecule has 3 aromatic rings. The van der Waals surface area contributed by atoms with Crippen LogP contribution < -0.4 is 5.32 Å². The van der Waals surface area contributed by atoms with E-state index in [1.807, 2.05) is 60.7 Å². The highest BCUT2D eigenvalue weighted by Gasteiger charge is 2.18. The van der Waals surface area contributed by atoms with Crippen LogP contribution in [0.2, 0.25) is 0 Å². The van der Waals surface area contributed by atoms with E-state index in [0.29, 0.717) is 0 Å². The van der Waals surface area contributed by atoms with Gasteiger partial charge in [-0.05, 0) is 22.8 Å². The van der Waals surface area contributed by atoms with Crippen molar-refractivity contribution in [2.75, 3.05) is 6.61 Å². The summed E-state index contributed by atoms with van der Waals surface area (Å²) >= 11 is 0. The van der Waals surface area contributed by atoms with Crippen LogP contribution in [0, 0.1) is 5.82 Å². The predicted octanol–water partition coefficient (Wildman–Crippen LogP) is 3.82. The zero-order valence-electron chi connectivity index (χ0n) is 15.2. The van der Waals surface area contributed by atoms with Gasteiger partial charge in [0.15, 0.2) is 6.61 Å². The Balaban J connectivity index is 1.61. The first-order valence-corrected chi connectivity index (χ1v) is 8.92. The second-order valence-electron chi connectivity index (χ2n) is 6.25. The summed E-state index contributed by atoms with van der Waals surface area (Å²) in [4.78, 5) is 24.3. The lowest BCUT2D eigenvalue weighted by Gasteiger charge is -2.20. The third kappa shape index (κ3) is 5.27.